The lowest BCUT2D eigenvalue weighted by atomic mass is 10.1. The zero-order valence-electron chi connectivity index (χ0n) is 16.5. The average molecular weight is 336 g/mol. The lowest BCUT2D eigenvalue weighted by molar-refractivity contribution is -0.116. The van der Waals surface area contributed by atoms with Crippen molar-refractivity contribution < 1.29 is 4.79 Å². The summed E-state index contributed by atoms with van der Waals surface area (Å²) in [6.07, 6.45) is 24.0. The SMILES string of the molecule is CCCCCCCCCCCCC/C=C\C=C\C(=O)NCC(C)C. The molecule has 0 aliphatic rings. The standard InChI is InChI=1S/C22H41NO/c1-4-5-6-7-8-9-10-11-12-13-14-15-16-17-18-19-22(24)23-20-21(2)3/h16-19,21H,4-15,20H2,1-3H3,(H,23,24)/b17-16-,19-18+. The van der Waals surface area contributed by atoms with Gasteiger partial charge in [0.1, 0.15) is 0 Å². The largest absolute Gasteiger partial charge is 0.352 e. The van der Waals surface area contributed by atoms with E-state index in [0.717, 1.165) is 13.0 Å². The first-order valence-corrected chi connectivity index (χ1v) is 10.3. The minimum absolute atomic E-state index is 0.00282. The van der Waals surface area contributed by atoms with Gasteiger partial charge < -0.3 is 5.32 Å². The number of hydrogen-bond acceptors (Lipinski definition) is 1. The van der Waals surface area contributed by atoms with E-state index >= 15 is 0 Å². The van der Waals surface area contributed by atoms with Crippen LogP contribution in [0.4, 0.5) is 0 Å². The van der Waals surface area contributed by atoms with Crippen LogP contribution >= 0.6 is 0 Å². The summed E-state index contributed by atoms with van der Waals surface area (Å²) in [7, 11) is 0. The first-order valence-electron chi connectivity index (χ1n) is 10.3. The van der Waals surface area contributed by atoms with Gasteiger partial charge in [0, 0.05) is 12.6 Å². The van der Waals surface area contributed by atoms with E-state index in [4.69, 9.17) is 0 Å². The molecular formula is C22H41NO. The lowest BCUT2D eigenvalue weighted by Gasteiger charge is -2.03. The Bertz CT molecular complexity index is 331. The van der Waals surface area contributed by atoms with E-state index in [-0.39, 0.29) is 5.91 Å². The van der Waals surface area contributed by atoms with Gasteiger partial charge in [-0.15, -0.1) is 0 Å². The van der Waals surface area contributed by atoms with Gasteiger partial charge in [-0.2, -0.15) is 0 Å². The molecule has 0 aromatic heterocycles. The highest BCUT2D eigenvalue weighted by molar-refractivity contribution is 5.87. The Hall–Kier alpha value is -1.05. The summed E-state index contributed by atoms with van der Waals surface area (Å²) < 4.78 is 0. The topological polar surface area (TPSA) is 29.1 Å². The molecule has 24 heavy (non-hydrogen) atoms. The molecule has 2 nitrogen and oxygen atoms in total. The van der Waals surface area contributed by atoms with Crippen LogP contribution in [-0.2, 0) is 4.79 Å². The summed E-state index contributed by atoms with van der Waals surface area (Å²) in [5.41, 5.74) is 0. The van der Waals surface area contributed by atoms with E-state index in [1.807, 2.05) is 12.2 Å². The smallest absolute Gasteiger partial charge is 0.243 e. The molecule has 0 aromatic carbocycles. The molecule has 1 N–H and O–H groups in total. The molecule has 0 fully saturated rings. The zero-order valence-corrected chi connectivity index (χ0v) is 16.5. The van der Waals surface area contributed by atoms with Crippen molar-refractivity contribution in [3.8, 4) is 0 Å². The van der Waals surface area contributed by atoms with Crippen molar-refractivity contribution in [2.45, 2.75) is 97.8 Å². The molecule has 140 valence electrons. The molecule has 0 bridgehead atoms. The van der Waals surface area contributed by atoms with Crippen molar-refractivity contribution in [1.82, 2.24) is 5.32 Å². The van der Waals surface area contributed by atoms with Gasteiger partial charge in [-0.25, -0.2) is 0 Å². The van der Waals surface area contributed by atoms with Gasteiger partial charge in [0.2, 0.25) is 5.91 Å². The van der Waals surface area contributed by atoms with Gasteiger partial charge in [0.15, 0.2) is 0 Å². The van der Waals surface area contributed by atoms with Crippen LogP contribution in [0.1, 0.15) is 97.8 Å². The number of carbonyl (C=O) groups is 1. The molecule has 2 heteroatoms. The molecule has 0 atom stereocenters. The van der Waals surface area contributed by atoms with Crippen LogP contribution in [-0.4, -0.2) is 12.5 Å². The fourth-order valence-electron chi connectivity index (χ4n) is 2.61. The molecule has 0 aliphatic heterocycles. The normalized spacial score (nSPS) is 11.8. The fraction of sp³-hybridized carbons (Fsp3) is 0.773. The molecule has 0 aromatic rings. The number of nitrogens with one attached hydrogen (secondary N) is 1. The van der Waals surface area contributed by atoms with E-state index in [2.05, 4.69) is 32.2 Å². The van der Waals surface area contributed by atoms with Crippen molar-refractivity contribution in [2.75, 3.05) is 6.54 Å². The summed E-state index contributed by atoms with van der Waals surface area (Å²) >= 11 is 0. The Morgan fingerprint density at radius 2 is 1.38 bits per heavy atom. The lowest BCUT2D eigenvalue weighted by Crippen LogP contribution is -2.25. The van der Waals surface area contributed by atoms with E-state index in [0.29, 0.717) is 5.92 Å². The van der Waals surface area contributed by atoms with Crippen LogP contribution in [0.3, 0.4) is 0 Å². The third-order valence-electron chi connectivity index (χ3n) is 4.15. The first-order chi connectivity index (χ1) is 11.7. The quantitative estimate of drug-likeness (QED) is 0.193. The summed E-state index contributed by atoms with van der Waals surface area (Å²) in [4.78, 5) is 11.4. The van der Waals surface area contributed by atoms with E-state index in [9.17, 15) is 4.79 Å². The van der Waals surface area contributed by atoms with Crippen molar-refractivity contribution in [3.05, 3.63) is 24.3 Å². The minimum atomic E-state index is 0.00282. The van der Waals surface area contributed by atoms with Crippen LogP contribution in [0.5, 0.6) is 0 Å². The number of carbonyl (C=O) groups excluding carboxylic acids is 1. The average Bonchev–Trinajstić information content (AvgIpc) is 2.56. The second kappa shape index (κ2) is 18.3. The third-order valence-corrected chi connectivity index (χ3v) is 4.15. The predicted molar refractivity (Wildman–Crippen MR) is 107 cm³/mol. The van der Waals surface area contributed by atoms with Crippen LogP contribution in [0.15, 0.2) is 24.3 Å². The maximum atomic E-state index is 11.4. The fourth-order valence-corrected chi connectivity index (χ4v) is 2.61. The Morgan fingerprint density at radius 3 is 1.92 bits per heavy atom. The summed E-state index contributed by atoms with van der Waals surface area (Å²) in [6, 6.07) is 0. The highest BCUT2D eigenvalue weighted by Gasteiger charge is 1.96. The van der Waals surface area contributed by atoms with Crippen LogP contribution in [0.2, 0.25) is 0 Å². The molecule has 0 heterocycles. The van der Waals surface area contributed by atoms with Crippen molar-refractivity contribution in [3.63, 3.8) is 0 Å². The Balaban J connectivity index is 3.30. The molecule has 0 saturated heterocycles. The predicted octanol–water partition coefficient (Wildman–Crippen LogP) is 6.57. The third kappa shape index (κ3) is 19.0. The molecule has 0 radical (unpaired) electrons. The molecule has 0 rings (SSSR count). The molecule has 0 aliphatic carbocycles. The van der Waals surface area contributed by atoms with Crippen molar-refractivity contribution in [2.24, 2.45) is 5.92 Å². The molecular weight excluding hydrogens is 294 g/mol. The number of allylic oxidation sites excluding steroid dienone is 3. The van der Waals surface area contributed by atoms with Crippen LogP contribution in [0, 0.1) is 5.92 Å². The van der Waals surface area contributed by atoms with Gasteiger partial charge in [-0.3, -0.25) is 4.79 Å². The van der Waals surface area contributed by atoms with Crippen molar-refractivity contribution >= 4 is 5.91 Å². The van der Waals surface area contributed by atoms with Gasteiger partial charge in [0.25, 0.3) is 0 Å². The maximum absolute atomic E-state index is 11.4. The van der Waals surface area contributed by atoms with E-state index in [1.54, 1.807) is 6.08 Å². The van der Waals surface area contributed by atoms with Gasteiger partial charge in [0.05, 0.1) is 0 Å². The Kier molecular flexibility index (Phi) is 17.5. The second-order valence-electron chi connectivity index (χ2n) is 7.25. The molecule has 0 spiro atoms. The monoisotopic (exact) mass is 335 g/mol. The number of amides is 1. The number of unbranched alkanes of at least 4 members (excludes halogenated alkanes) is 11. The highest BCUT2D eigenvalue weighted by atomic mass is 16.1. The number of hydrogen-bond donors (Lipinski definition) is 1. The van der Waals surface area contributed by atoms with Gasteiger partial charge >= 0.3 is 0 Å². The first kappa shape index (κ1) is 22.9. The molecule has 1 amide bonds. The maximum Gasteiger partial charge on any atom is 0.243 e. The van der Waals surface area contributed by atoms with Crippen LogP contribution in [0.25, 0.3) is 0 Å². The Labute approximate surface area is 151 Å². The second-order valence-corrected chi connectivity index (χ2v) is 7.25. The summed E-state index contributed by atoms with van der Waals surface area (Å²) in [5, 5.41) is 2.87. The van der Waals surface area contributed by atoms with E-state index < -0.39 is 0 Å². The summed E-state index contributed by atoms with van der Waals surface area (Å²) in [6.45, 7) is 7.21. The highest BCUT2D eigenvalue weighted by Crippen LogP contribution is 2.11. The van der Waals surface area contributed by atoms with E-state index in [1.165, 1.54) is 70.6 Å². The summed E-state index contributed by atoms with van der Waals surface area (Å²) in [5.74, 6) is 0.502. The Morgan fingerprint density at radius 1 is 0.833 bits per heavy atom. The molecule has 0 saturated carbocycles. The van der Waals surface area contributed by atoms with Crippen molar-refractivity contribution in [1.29, 1.82) is 0 Å². The molecule has 0 unspecified atom stereocenters. The van der Waals surface area contributed by atoms with Gasteiger partial charge in [-0.05, 0) is 18.8 Å². The number of rotatable bonds is 16. The van der Waals surface area contributed by atoms with Gasteiger partial charge in [-0.1, -0.05) is 103 Å². The minimum Gasteiger partial charge on any atom is -0.352 e. The van der Waals surface area contributed by atoms with Crippen LogP contribution < -0.4 is 5.32 Å². The zero-order chi connectivity index (χ0) is 17.9.